The molecule has 0 amide bonds. The van der Waals surface area contributed by atoms with Gasteiger partial charge in [-0.2, -0.15) is 4.98 Å². The first-order valence-electron chi connectivity index (χ1n) is 5.95. The van der Waals surface area contributed by atoms with Crippen LogP contribution in [0.3, 0.4) is 0 Å². The molecule has 18 heavy (non-hydrogen) atoms. The molecule has 0 aliphatic carbocycles. The first kappa shape index (κ1) is 12.3. The Morgan fingerprint density at radius 1 is 1.22 bits per heavy atom. The van der Waals surface area contributed by atoms with Crippen molar-refractivity contribution in [3.8, 4) is 0 Å². The van der Waals surface area contributed by atoms with Gasteiger partial charge in [0.05, 0.1) is 0 Å². The van der Waals surface area contributed by atoms with Crippen LogP contribution in [0.2, 0.25) is 0 Å². The summed E-state index contributed by atoms with van der Waals surface area (Å²) in [5.74, 6) is 1.47. The summed E-state index contributed by atoms with van der Waals surface area (Å²) in [7, 11) is 1.81. The summed E-state index contributed by atoms with van der Waals surface area (Å²) in [5, 5.41) is 6.22. The zero-order valence-corrected chi connectivity index (χ0v) is 10.6. The molecule has 5 nitrogen and oxygen atoms in total. The Balaban J connectivity index is 1.92. The average molecular weight is 243 g/mol. The topological polar surface area (TPSA) is 62.7 Å². The van der Waals surface area contributed by atoms with Crippen LogP contribution < -0.4 is 10.6 Å². The molecule has 2 rings (SSSR count). The number of nitrogens with one attached hydrogen (secondary N) is 2. The molecule has 0 saturated heterocycles. The third kappa shape index (κ3) is 3.41. The van der Waals surface area contributed by atoms with Crippen LogP contribution >= 0.6 is 0 Å². The van der Waals surface area contributed by atoms with Crippen molar-refractivity contribution in [1.29, 1.82) is 0 Å². The van der Waals surface area contributed by atoms with E-state index in [0.29, 0.717) is 5.95 Å². The minimum atomic E-state index is 0.635. The highest BCUT2D eigenvalue weighted by Crippen LogP contribution is 2.09. The van der Waals surface area contributed by atoms with Crippen LogP contribution in [0.1, 0.15) is 11.4 Å². The van der Waals surface area contributed by atoms with E-state index in [1.807, 2.05) is 44.4 Å². The molecule has 0 aliphatic heterocycles. The molecule has 2 N–H and O–H groups in total. The molecule has 0 spiro atoms. The lowest BCUT2D eigenvalue weighted by molar-refractivity contribution is 0.948. The quantitative estimate of drug-likeness (QED) is 0.839. The minimum Gasteiger partial charge on any atom is -0.370 e. The molecule has 0 fully saturated rings. The largest absolute Gasteiger partial charge is 0.370 e. The zero-order chi connectivity index (χ0) is 12.8. The van der Waals surface area contributed by atoms with Gasteiger partial charge in [0.25, 0.3) is 0 Å². The van der Waals surface area contributed by atoms with Crippen molar-refractivity contribution in [2.75, 3.05) is 24.2 Å². The van der Waals surface area contributed by atoms with Crippen LogP contribution in [-0.4, -0.2) is 28.5 Å². The fourth-order valence-corrected chi connectivity index (χ4v) is 1.64. The third-order valence-electron chi connectivity index (χ3n) is 2.49. The van der Waals surface area contributed by atoms with Crippen molar-refractivity contribution < 1.29 is 0 Å². The second kappa shape index (κ2) is 5.95. The average Bonchev–Trinajstić information content (AvgIpc) is 2.39. The lowest BCUT2D eigenvalue weighted by atomic mass is 10.3. The molecule has 2 heterocycles. The van der Waals surface area contributed by atoms with Gasteiger partial charge in [-0.3, -0.25) is 4.98 Å². The van der Waals surface area contributed by atoms with Crippen LogP contribution in [0.15, 0.2) is 30.5 Å². The van der Waals surface area contributed by atoms with E-state index >= 15 is 0 Å². The molecule has 0 unspecified atom stereocenters. The number of nitrogens with zero attached hydrogens (tertiary/aromatic N) is 3. The Bertz CT molecular complexity index is 498. The summed E-state index contributed by atoms with van der Waals surface area (Å²) in [4.78, 5) is 12.8. The highest BCUT2D eigenvalue weighted by atomic mass is 15.1. The van der Waals surface area contributed by atoms with E-state index in [2.05, 4.69) is 25.6 Å². The van der Waals surface area contributed by atoms with Crippen molar-refractivity contribution in [1.82, 2.24) is 15.0 Å². The fraction of sp³-hybridized carbons (Fsp3) is 0.308. The first-order valence-corrected chi connectivity index (χ1v) is 5.95. The predicted molar refractivity (Wildman–Crippen MR) is 72.7 cm³/mol. The van der Waals surface area contributed by atoms with Gasteiger partial charge >= 0.3 is 0 Å². The van der Waals surface area contributed by atoms with E-state index in [1.54, 1.807) is 0 Å². The summed E-state index contributed by atoms with van der Waals surface area (Å²) >= 11 is 0. The predicted octanol–water partition coefficient (Wildman–Crippen LogP) is 1.88. The monoisotopic (exact) mass is 243 g/mol. The van der Waals surface area contributed by atoms with Crippen LogP contribution in [0.25, 0.3) is 0 Å². The van der Waals surface area contributed by atoms with Crippen molar-refractivity contribution in [2.45, 2.75) is 13.3 Å². The van der Waals surface area contributed by atoms with Gasteiger partial charge in [-0.05, 0) is 19.1 Å². The normalized spacial score (nSPS) is 10.1. The number of anilines is 2. The lowest BCUT2D eigenvalue weighted by Gasteiger charge is -2.07. The lowest BCUT2D eigenvalue weighted by Crippen LogP contribution is -2.09. The number of aromatic nitrogens is 3. The van der Waals surface area contributed by atoms with Crippen LogP contribution in [0.4, 0.5) is 11.8 Å². The molecular weight excluding hydrogens is 226 g/mol. The van der Waals surface area contributed by atoms with Gasteiger partial charge < -0.3 is 10.6 Å². The molecule has 5 heteroatoms. The summed E-state index contributed by atoms with van der Waals surface area (Å²) in [5.41, 5.74) is 2.01. The van der Waals surface area contributed by atoms with E-state index in [4.69, 9.17) is 0 Å². The molecule has 0 atom stereocenters. The molecule has 94 valence electrons. The Morgan fingerprint density at radius 3 is 2.83 bits per heavy atom. The van der Waals surface area contributed by atoms with Gasteiger partial charge in [-0.15, -0.1) is 0 Å². The number of rotatable bonds is 5. The second-order valence-electron chi connectivity index (χ2n) is 3.97. The highest BCUT2D eigenvalue weighted by Gasteiger charge is 2.00. The number of hydrogen-bond donors (Lipinski definition) is 2. The van der Waals surface area contributed by atoms with Gasteiger partial charge in [0.1, 0.15) is 5.82 Å². The Hall–Kier alpha value is -2.17. The summed E-state index contributed by atoms with van der Waals surface area (Å²) in [6.45, 7) is 2.75. The molecule has 0 bridgehead atoms. The second-order valence-corrected chi connectivity index (χ2v) is 3.97. The fourth-order valence-electron chi connectivity index (χ4n) is 1.64. The maximum atomic E-state index is 4.33. The van der Waals surface area contributed by atoms with Crippen LogP contribution in [0.5, 0.6) is 0 Å². The smallest absolute Gasteiger partial charge is 0.224 e. The summed E-state index contributed by atoms with van der Waals surface area (Å²) < 4.78 is 0. The van der Waals surface area contributed by atoms with Gasteiger partial charge in [-0.1, -0.05) is 6.07 Å². The maximum Gasteiger partial charge on any atom is 0.224 e. The highest BCUT2D eigenvalue weighted by molar-refractivity contribution is 5.41. The Kier molecular flexibility index (Phi) is 4.06. The van der Waals surface area contributed by atoms with E-state index in [0.717, 1.165) is 30.2 Å². The van der Waals surface area contributed by atoms with Crippen molar-refractivity contribution in [3.63, 3.8) is 0 Å². The molecule has 0 saturated carbocycles. The molecule has 2 aromatic heterocycles. The van der Waals surface area contributed by atoms with Crippen molar-refractivity contribution >= 4 is 11.8 Å². The summed E-state index contributed by atoms with van der Waals surface area (Å²) in [6, 6.07) is 7.87. The summed E-state index contributed by atoms with van der Waals surface area (Å²) in [6.07, 6.45) is 2.68. The molecule has 0 aliphatic rings. The standard InChI is InChI=1S/C13H17N5/c1-10-9-12(18-13(14-2)17-10)16-8-6-11-5-3-4-7-15-11/h3-5,7,9H,6,8H2,1-2H3,(H2,14,16,17,18). The Labute approximate surface area is 107 Å². The van der Waals surface area contributed by atoms with Crippen molar-refractivity contribution in [2.24, 2.45) is 0 Å². The Morgan fingerprint density at radius 2 is 2.11 bits per heavy atom. The molecule has 0 radical (unpaired) electrons. The van der Waals surface area contributed by atoms with E-state index in [-0.39, 0.29) is 0 Å². The molecule has 2 aromatic rings. The molecular formula is C13H17N5. The number of hydrogen-bond acceptors (Lipinski definition) is 5. The van der Waals surface area contributed by atoms with Crippen LogP contribution in [0, 0.1) is 6.92 Å². The van der Waals surface area contributed by atoms with Gasteiger partial charge in [-0.25, -0.2) is 4.98 Å². The van der Waals surface area contributed by atoms with E-state index < -0.39 is 0 Å². The van der Waals surface area contributed by atoms with Crippen molar-refractivity contribution in [3.05, 3.63) is 41.9 Å². The third-order valence-corrected chi connectivity index (χ3v) is 2.49. The van der Waals surface area contributed by atoms with Gasteiger partial charge in [0.15, 0.2) is 0 Å². The van der Waals surface area contributed by atoms with Crippen LogP contribution in [-0.2, 0) is 6.42 Å². The minimum absolute atomic E-state index is 0.635. The number of aryl methyl sites for hydroxylation is 1. The van der Waals surface area contributed by atoms with E-state index in [1.165, 1.54) is 0 Å². The zero-order valence-electron chi connectivity index (χ0n) is 10.6. The number of pyridine rings is 1. The van der Waals surface area contributed by atoms with Gasteiger partial charge in [0, 0.05) is 43.7 Å². The van der Waals surface area contributed by atoms with Gasteiger partial charge in [0.2, 0.25) is 5.95 Å². The van der Waals surface area contributed by atoms with E-state index in [9.17, 15) is 0 Å². The first-order chi connectivity index (χ1) is 8.78. The molecule has 0 aromatic carbocycles. The SMILES string of the molecule is CNc1nc(C)cc(NCCc2ccccn2)n1. The maximum absolute atomic E-state index is 4.33.